The van der Waals surface area contributed by atoms with Crippen LogP contribution in [0.3, 0.4) is 0 Å². The van der Waals surface area contributed by atoms with E-state index in [1.54, 1.807) is 4.90 Å². The van der Waals surface area contributed by atoms with Crippen molar-refractivity contribution in [3.05, 3.63) is 34.1 Å². The number of fused-ring (bicyclic) bond motifs is 2. The molecule has 184 valence electrons. The molecule has 0 saturated heterocycles. The van der Waals surface area contributed by atoms with Gasteiger partial charge in [-0.2, -0.15) is 5.10 Å². The summed E-state index contributed by atoms with van der Waals surface area (Å²) in [4.78, 5) is 19.1. The number of benzene rings is 1. The van der Waals surface area contributed by atoms with Gasteiger partial charge >= 0.3 is 6.09 Å². The van der Waals surface area contributed by atoms with E-state index in [1.807, 2.05) is 43.1 Å². The highest BCUT2D eigenvalue weighted by atomic mass is 79.9. The zero-order valence-electron chi connectivity index (χ0n) is 21.1. The van der Waals surface area contributed by atoms with Crippen molar-refractivity contribution in [1.82, 2.24) is 24.2 Å². The first-order valence-corrected chi connectivity index (χ1v) is 16.1. The molecule has 34 heavy (non-hydrogen) atoms. The van der Waals surface area contributed by atoms with Crippen molar-refractivity contribution in [1.29, 1.82) is 0 Å². The van der Waals surface area contributed by atoms with E-state index in [9.17, 15) is 4.79 Å². The molecule has 3 aromatic rings. The Kier molecular flexibility index (Phi) is 6.69. The molecule has 1 aliphatic rings. The summed E-state index contributed by atoms with van der Waals surface area (Å²) in [6, 6.07) is 7.26. The summed E-state index contributed by atoms with van der Waals surface area (Å²) in [5, 5.41) is 5.93. The molecule has 2 aromatic heterocycles. The van der Waals surface area contributed by atoms with Gasteiger partial charge in [-0.25, -0.2) is 14.5 Å². The number of ether oxygens (including phenoxy) is 2. The second-order valence-electron chi connectivity index (χ2n) is 11.1. The van der Waals surface area contributed by atoms with E-state index >= 15 is 0 Å². The predicted octanol–water partition coefficient (Wildman–Crippen LogP) is 5.76. The van der Waals surface area contributed by atoms with Gasteiger partial charge in [-0.1, -0.05) is 35.6 Å². The average molecular weight is 549 g/mol. The quantitative estimate of drug-likeness (QED) is 0.289. The van der Waals surface area contributed by atoms with Crippen molar-refractivity contribution in [2.75, 3.05) is 6.61 Å². The van der Waals surface area contributed by atoms with Gasteiger partial charge in [0.05, 0.1) is 30.0 Å². The van der Waals surface area contributed by atoms with Crippen molar-refractivity contribution >= 4 is 41.0 Å². The summed E-state index contributed by atoms with van der Waals surface area (Å²) in [7, 11) is 0.826. The number of hydrogen-bond donors (Lipinski definition) is 0. The zero-order valence-corrected chi connectivity index (χ0v) is 23.7. The Morgan fingerprint density at radius 2 is 1.94 bits per heavy atom. The monoisotopic (exact) mass is 547 g/mol. The maximum Gasteiger partial charge on any atom is 0.410 e. The van der Waals surface area contributed by atoms with E-state index < -0.39 is 13.7 Å². The highest BCUT2D eigenvalue weighted by molar-refractivity contribution is 9.10. The van der Waals surface area contributed by atoms with E-state index in [0.29, 0.717) is 19.8 Å². The van der Waals surface area contributed by atoms with Crippen LogP contribution in [0.25, 0.3) is 22.4 Å². The molecule has 0 unspecified atom stereocenters. The number of rotatable bonds is 6. The average Bonchev–Trinajstić information content (AvgIpc) is 3.36. The van der Waals surface area contributed by atoms with Crippen LogP contribution in [0.15, 0.2) is 22.7 Å². The van der Waals surface area contributed by atoms with Gasteiger partial charge in [0.15, 0.2) is 5.82 Å². The molecule has 0 fully saturated rings. The minimum absolute atomic E-state index is 0.318. The van der Waals surface area contributed by atoms with Crippen molar-refractivity contribution in [2.24, 2.45) is 7.05 Å². The van der Waals surface area contributed by atoms with Gasteiger partial charge in [0.25, 0.3) is 0 Å². The third-order valence-electron chi connectivity index (χ3n) is 5.76. The van der Waals surface area contributed by atoms with Gasteiger partial charge in [0.2, 0.25) is 0 Å². The van der Waals surface area contributed by atoms with Crippen LogP contribution in [0.5, 0.6) is 0 Å². The van der Waals surface area contributed by atoms with Crippen LogP contribution in [0.2, 0.25) is 25.7 Å². The van der Waals surface area contributed by atoms with Crippen LogP contribution >= 0.6 is 15.9 Å². The lowest BCUT2D eigenvalue weighted by Crippen LogP contribution is -2.33. The minimum atomic E-state index is -1.15. The maximum atomic E-state index is 12.5. The number of aromatic nitrogens is 4. The largest absolute Gasteiger partial charge is 0.444 e. The molecule has 0 N–H and O–H groups in total. The minimum Gasteiger partial charge on any atom is -0.444 e. The molecule has 1 aliphatic heterocycles. The number of nitrogens with zero attached hydrogens (tertiary/aromatic N) is 5. The van der Waals surface area contributed by atoms with Crippen molar-refractivity contribution in [2.45, 2.75) is 71.9 Å². The summed E-state index contributed by atoms with van der Waals surface area (Å²) < 4.78 is 16.5. The summed E-state index contributed by atoms with van der Waals surface area (Å²) in [6.45, 7) is 14.7. The first-order chi connectivity index (χ1) is 15.8. The number of halogens is 1. The zero-order chi connectivity index (χ0) is 24.8. The highest BCUT2D eigenvalue weighted by Gasteiger charge is 2.32. The van der Waals surface area contributed by atoms with Crippen molar-refractivity contribution < 1.29 is 14.3 Å². The van der Waals surface area contributed by atoms with Crippen LogP contribution in [0.4, 0.5) is 4.79 Å². The fourth-order valence-electron chi connectivity index (χ4n) is 3.94. The van der Waals surface area contributed by atoms with Gasteiger partial charge in [-0.3, -0.25) is 4.90 Å². The molecule has 1 aromatic carbocycles. The number of carbonyl (C=O) groups excluding carboxylic acids is 1. The molecule has 1 amide bonds. The Morgan fingerprint density at radius 3 is 2.59 bits per heavy atom. The molecule has 10 heteroatoms. The molecule has 4 rings (SSSR count). The molecule has 0 radical (unpaired) electrons. The molecule has 8 nitrogen and oxygen atoms in total. The van der Waals surface area contributed by atoms with E-state index in [0.717, 1.165) is 50.9 Å². The topological polar surface area (TPSA) is 74.4 Å². The lowest BCUT2D eigenvalue weighted by atomic mass is 10.2. The number of amides is 1. The van der Waals surface area contributed by atoms with E-state index in [2.05, 4.69) is 47.7 Å². The number of hydrogen-bond acceptors (Lipinski definition) is 5. The van der Waals surface area contributed by atoms with Gasteiger partial charge in [0.1, 0.15) is 18.0 Å². The summed E-state index contributed by atoms with van der Waals surface area (Å²) in [5.41, 5.74) is 3.18. The van der Waals surface area contributed by atoms with Crippen LogP contribution in [-0.4, -0.2) is 50.6 Å². The van der Waals surface area contributed by atoms with E-state index in [1.165, 1.54) is 0 Å². The van der Waals surface area contributed by atoms with E-state index in [4.69, 9.17) is 19.6 Å². The van der Waals surface area contributed by atoms with Crippen LogP contribution < -0.4 is 0 Å². The van der Waals surface area contributed by atoms with Crippen LogP contribution in [0, 0.1) is 0 Å². The van der Waals surface area contributed by atoms with Crippen LogP contribution in [-0.2, 0) is 36.3 Å². The second-order valence-corrected chi connectivity index (χ2v) is 17.6. The Labute approximate surface area is 210 Å². The van der Waals surface area contributed by atoms with Gasteiger partial charge in [0, 0.05) is 31.6 Å². The maximum absolute atomic E-state index is 12.5. The molecule has 0 spiro atoms. The fraction of sp³-hybridized carbons (Fsp3) is 0.542. The predicted molar refractivity (Wildman–Crippen MR) is 139 cm³/mol. The third-order valence-corrected chi connectivity index (χ3v) is 7.96. The molecular weight excluding hydrogens is 514 g/mol. The molecular formula is C24H34BrN5O3Si. The Hall–Kier alpha value is -2.17. The smallest absolute Gasteiger partial charge is 0.410 e. The Balaban J connectivity index is 1.59. The first kappa shape index (κ1) is 24.9. The Bertz CT molecular complexity index is 1220. The number of carbonyl (C=O) groups is 1. The molecule has 0 saturated carbocycles. The lowest BCUT2D eigenvalue weighted by molar-refractivity contribution is 0.0238. The summed E-state index contributed by atoms with van der Waals surface area (Å²) in [5.74, 6) is 0.794. The van der Waals surface area contributed by atoms with Crippen molar-refractivity contribution in [3.63, 3.8) is 0 Å². The summed E-state index contributed by atoms with van der Waals surface area (Å²) >= 11 is 3.58. The molecule has 0 aliphatic carbocycles. The third kappa shape index (κ3) is 5.39. The second kappa shape index (κ2) is 9.12. The fourth-order valence-corrected chi connectivity index (χ4v) is 5.04. The molecule has 3 heterocycles. The van der Waals surface area contributed by atoms with Gasteiger partial charge in [-0.05, 0) is 45.0 Å². The van der Waals surface area contributed by atoms with Crippen LogP contribution in [0.1, 0.15) is 32.2 Å². The molecule has 0 bridgehead atoms. The van der Waals surface area contributed by atoms with Gasteiger partial charge in [-0.15, -0.1) is 0 Å². The highest BCUT2D eigenvalue weighted by Crippen LogP contribution is 2.33. The lowest BCUT2D eigenvalue weighted by Gasteiger charge is -2.24. The standard InChI is InChI=1S/C24H34BrN5O3Si/c1-24(2,3)33-23(31)29-13-18-20(14-29)28(4)22(26-18)21-17-9-8-16(25)12-19(17)30(27-21)15-32-10-11-34(5,6)7/h8-9,12H,10-11,13-15H2,1-7H3. The molecule has 0 atom stereocenters. The van der Waals surface area contributed by atoms with Crippen molar-refractivity contribution in [3.8, 4) is 11.5 Å². The van der Waals surface area contributed by atoms with Gasteiger partial charge < -0.3 is 14.0 Å². The number of imidazole rings is 1. The Morgan fingerprint density at radius 1 is 1.21 bits per heavy atom. The summed E-state index contributed by atoms with van der Waals surface area (Å²) in [6.07, 6.45) is -0.318. The first-order valence-electron chi connectivity index (χ1n) is 11.6. The normalized spacial score (nSPS) is 14.2. The van der Waals surface area contributed by atoms with E-state index in [-0.39, 0.29) is 6.09 Å². The SMILES string of the molecule is Cn1c(-c2nn(COCC[Si](C)(C)C)c3cc(Br)ccc23)nc2c1CN(C(=O)OC(C)(C)C)C2.